The number of carbonyl (C=O) groups excluding carboxylic acids is 1. The highest BCUT2D eigenvalue weighted by Crippen LogP contribution is 2.55. The van der Waals surface area contributed by atoms with Crippen LogP contribution in [-0.2, 0) is 18.3 Å². The maximum absolute atomic E-state index is 12.7. The van der Waals surface area contributed by atoms with Crippen LogP contribution >= 0.6 is 19.2 Å². The van der Waals surface area contributed by atoms with E-state index in [9.17, 15) is 9.36 Å². The van der Waals surface area contributed by atoms with Crippen LogP contribution in [0.4, 0.5) is 0 Å². The zero-order chi connectivity index (χ0) is 17.6. The molecule has 24 heavy (non-hydrogen) atoms. The van der Waals surface area contributed by atoms with Crippen molar-refractivity contribution >= 4 is 31.2 Å². The molecule has 2 aromatic rings. The van der Waals surface area contributed by atoms with E-state index in [-0.39, 0.29) is 5.50 Å². The van der Waals surface area contributed by atoms with Gasteiger partial charge in [-0.2, -0.15) is 0 Å². The van der Waals surface area contributed by atoms with E-state index >= 15 is 0 Å². The number of hydrogen-bond donors (Lipinski definition) is 0. The first kappa shape index (κ1) is 18.4. The molecule has 0 heterocycles. The minimum atomic E-state index is -3.76. The summed E-state index contributed by atoms with van der Waals surface area (Å²) in [5.74, 6) is -0.662. The Balaban J connectivity index is 2.38. The topological polar surface area (TPSA) is 61.8 Å². The third kappa shape index (κ3) is 4.56. The van der Waals surface area contributed by atoms with Gasteiger partial charge in [0.25, 0.3) is 0 Å². The average Bonchev–Trinajstić information content (AvgIpc) is 2.63. The molecule has 2 aromatic carbocycles. The first-order chi connectivity index (χ1) is 11.5. The Bertz CT molecular complexity index is 763. The molecule has 126 valence electrons. The molecule has 0 saturated carbocycles. The van der Waals surface area contributed by atoms with Crippen LogP contribution in [-0.4, -0.2) is 20.2 Å². The van der Waals surface area contributed by atoms with Gasteiger partial charge in [-0.05, 0) is 35.9 Å². The largest absolute Gasteiger partial charge is 0.414 e. The quantitative estimate of drug-likeness (QED) is 0.410. The van der Waals surface area contributed by atoms with Crippen LogP contribution in [0.1, 0.15) is 15.9 Å². The van der Waals surface area contributed by atoms with Gasteiger partial charge in [0.1, 0.15) is 0 Å². The Labute approximate surface area is 145 Å². The van der Waals surface area contributed by atoms with Gasteiger partial charge in [0.05, 0.1) is 5.56 Å². The minimum absolute atomic E-state index is 0.205. The molecule has 0 aliphatic rings. The average molecular weight is 367 g/mol. The number of hydrogen-bond acceptors (Lipinski definition) is 5. The maximum atomic E-state index is 12.7. The van der Waals surface area contributed by atoms with Gasteiger partial charge in [-0.15, -0.1) is 0 Å². The Morgan fingerprint density at radius 1 is 1.00 bits per heavy atom. The highest BCUT2D eigenvalue weighted by molar-refractivity contribution is 7.58. The molecule has 0 saturated heterocycles. The van der Waals surface area contributed by atoms with Gasteiger partial charge in [0.2, 0.25) is 5.50 Å². The fraction of sp³-hybridized carbons (Fsp3) is 0.118. The van der Waals surface area contributed by atoms with Crippen molar-refractivity contribution < 1.29 is 23.1 Å². The maximum Gasteiger partial charge on any atom is 0.395 e. The normalized spacial score (nSPS) is 12.0. The smallest absolute Gasteiger partial charge is 0.395 e. The van der Waals surface area contributed by atoms with Crippen molar-refractivity contribution in [3.8, 4) is 0 Å². The molecule has 5 nitrogen and oxygen atoms in total. The molecule has 0 aromatic heterocycles. The third-order valence-corrected chi connectivity index (χ3v) is 5.09. The number of esters is 1. The van der Waals surface area contributed by atoms with Crippen molar-refractivity contribution in [3.05, 3.63) is 76.2 Å². The molecule has 0 aliphatic heterocycles. The lowest BCUT2D eigenvalue weighted by Gasteiger charge is -2.17. The Kier molecular flexibility index (Phi) is 6.35. The van der Waals surface area contributed by atoms with Gasteiger partial charge in [-0.1, -0.05) is 41.9 Å². The Hall–Kier alpha value is -1.91. The second-order valence-corrected chi connectivity index (χ2v) is 7.25. The zero-order valence-corrected chi connectivity index (χ0v) is 14.8. The summed E-state index contributed by atoms with van der Waals surface area (Å²) in [6.07, 6.45) is 1.42. The second-order valence-electron chi connectivity index (χ2n) is 4.65. The molecule has 0 bridgehead atoms. The zero-order valence-electron chi connectivity index (χ0n) is 13.1. The van der Waals surface area contributed by atoms with Gasteiger partial charge in [0, 0.05) is 19.2 Å². The second kappa shape index (κ2) is 8.27. The molecule has 0 N–H and O–H groups in total. The van der Waals surface area contributed by atoms with E-state index in [0.29, 0.717) is 16.1 Å². The molecular formula is C17H16ClO5P. The fourth-order valence-corrected chi connectivity index (χ4v) is 2.99. The monoisotopic (exact) mass is 366 g/mol. The molecule has 0 fully saturated rings. The highest BCUT2D eigenvalue weighted by Gasteiger charge is 2.32. The van der Waals surface area contributed by atoms with E-state index in [2.05, 4.69) is 0 Å². The number of benzene rings is 2. The summed E-state index contributed by atoms with van der Waals surface area (Å²) in [4.78, 5) is 12.3. The molecule has 0 spiro atoms. The number of rotatable bonds is 6. The van der Waals surface area contributed by atoms with Crippen LogP contribution in [0.2, 0.25) is 5.02 Å². The van der Waals surface area contributed by atoms with E-state index in [1.807, 2.05) is 0 Å². The van der Waals surface area contributed by atoms with Crippen LogP contribution in [0.3, 0.4) is 0 Å². The van der Waals surface area contributed by atoms with Crippen LogP contribution < -0.4 is 0 Å². The van der Waals surface area contributed by atoms with Crippen molar-refractivity contribution in [2.45, 2.75) is 0 Å². The van der Waals surface area contributed by atoms with E-state index in [1.165, 1.54) is 20.3 Å². The van der Waals surface area contributed by atoms with Gasteiger partial charge >= 0.3 is 13.6 Å². The molecule has 0 amide bonds. The lowest BCUT2D eigenvalue weighted by atomic mass is 10.2. The fourth-order valence-electron chi connectivity index (χ4n) is 1.85. The van der Waals surface area contributed by atoms with E-state index in [1.54, 1.807) is 54.6 Å². The summed E-state index contributed by atoms with van der Waals surface area (Å²) in [7, 11) is -1.32. The number of carbonyl (C=O) groups is 1. The summed E-state index contributed by atoms with van der Waals surface area (Å²) in [6, 6.07) is 15.1. The SMILES string of the molecule is COP(=O)(OC)/C(=C\c1ccc(Cl)cc1)OC(=O)c1ccccc1. The molecule has 7 heteroatoms. The van der Waals surface area contributed by atoms with E-state index in [0.717, 1.165) is 0 Å². The number of halogens is 1. The predicted octanol–water partition coefficient (Wildman–Crippen LogP) is 4.98. The van der Waals surface area contributed by atoms with E-state index in [4.69, 9.17) is 25.4 Å². The first-order valence-corrected chi connectivity index (χ1v) is 8.87. The summed E-state index contributed by atoms with van der Waals surface area (Å²) < 4.78 is 27.9. The van der Waals surface area contributed by atoms with Gasteiger partial charge in [-0.25, -0.2) is 4.79 Å². The molecule has 0 aliphatic carbocycles. The van der Waals surface area contributed by atoms with Crippen molar-refractivity contribution in [1.82, 2.24) is 0 Å². The van der Waals surface area contributed by atoms with Crippen LogP contribution in [0.25, 0.3) is 6.08 Å². The summed E-state index contributed by atoms with van der Waals surface area (Å²) in [5.41, 5.74) is 0.742. The van der Waals surface area contributed by atoms with Crippen LogP contribution in [0, 0.1) is 0 Å². The Morgan fingerprint density at radius 3 is 2.12 bits per heavy atom. The van der Waals surface area contributed by atoms with Gasteiger partial charge in [-0.3, -0.25) is 4.57 Å². The minimum Gasteiger partial charge on any atom is -0.414 e. The van der Waals surface area contributed by atoms with Crippen molar-refractivity contribution in [1.29, 1.82) is 0 Å². The standard InChI is InChI=1S/C17H16ClO5P/c1-21-24(20,22-2)16(12-13-8-10-15(18)11-9-13)23-17(19)14-6-4-3-5-7-14/h3-12H,1-2H3/b16-12-. The first-order valence-electron chi connectivity index (χ1n) is 6.95. The van der Waals surface area contributed by atoms with Crippen molar-refractivity contribution in [2.75, 3.05) is 14.2 Å². The highest BCUT2D eigenvalue weighted by atomic mass is 35.5. The van der Waals surface area contributed by atoms with E-state index < -0.39 is 13.6 Å². The molecule has 2 rings (SSSR count). The van der Waals surface area contributed by atoms with Gasteiger partial charge in [0.15, 0.2) is 0 Å². The summed E-state index contributed by atoms with van der Waals surface area (Å²) in [5, 5.41) is 0.552. The number of ether oxygens (including phenoxy) is 1. The van der Waals surface area contributed by atoms with Crippen molar-refractivity contribution in [3.63, 3.8) is 0 Å². The lowest BCUT2D eigenvalue weighted by Crippen LogP contribution is -2.07. The van der Waals surface area contributed by atoms with Gasteiger partial charge < -0.3 is 13.8 Å². The Morgan fingerprint density at radius 2 is 1.58 bits per heavy atom. The summed E-state index contributed by atoms with van der Waals surface area (Å²) in [6.45, 7) is 0. The van der Waals surface area contributed by atoms with Crippen LogP contribution in [0.15, 0.2) is 60.1 Å². The predicted molar refractivity (Wildman–Crippen MR) is 92.9 cm³/mol. The van der Waals surface area contributed by atoms with Crippen LogP contribution in [0.5, 0.6) is 0 Å². The van der Waals surface area contributed by atoms with Crippen molar-refractivity contribution in [2.24, 2.45) is 0 Å². The third-order valence-electron chi connectivity index (χ3n) is 3.12. The molecule has 0 atom stereocenters. The molecule has 0 unspecified atom stereocenters. The summed E-state index contributed by atoms with van der Waals surface area (Å²) >= 11 is 5.85. The molecular weight excluding hydrogens is 351 g/mol. The molecule has 0 radical (unpaired) electrons. The lowest BCUT2D eigenvalue weighted by molar-refractivity contribution is 0.0635.